The predicted molar refractivity (Wildman–Crippen MR) is 112 cm³/mol. The fourth-order valence-electron chi connectivity index (χ4n) is 2.74. The minimum atomic E-state index is -1.19. The highest BCUT2D eigenvalue weighted by Crippen LogP contribution is 2.09. The van der Waals surface area contributed by atoms with E-state index in [0.29, 0.717) is 17.4 Å². The van der Waals surface area contributed by atoms with Crippen molar-refractivity contribution in [1.29, 1.82) is 0 Å². The summed E-state index contributed by atoms with van der Waals surface area (Å²) in [5, 5.41) is 10.8. The minimum Gasteiger partial charge on any atom is -0.550 e. The summed E-state index contributed by atoms with van der Waals surface area (Å²) in [5.41, 5.74) is 0. The van der Waals surface area contributed by atoms with Gasteiger partial charge in [-0.05, 0) is 51.9 Å². The topological polar surface area (TPSA) is 66.4 Å². The number of aliphatic carboxylic acids is 1. The third-order valence-corrected chi connectivity index (χ3v) is 4.01. The molecule has 1 unspecified atom stereocenters. The maximum Gasteiger partial charge on any atom is 0.306 e. The summed E-state index contributed by atoms with van der Waals surface area (Å²) in [6.07, 6.45) is 19.4. The van der Waals surface area contributed by atoms with Crippen LogP contribution >= 0.6 is 0 Å². The van der Waals surface area contributed by atoms with E-state index in [1.54, 1.807) is 0 Å². The fraction of sp³-hybridized carbons (Fsp3) is 0.652. The summed E-state index contributed by atoms with van der Waals surface area (Å²) in [6, 6.07) is 0. The molecule has 0 aromatic heterocycles. The number of nitrogens with zero attached hydrogens (tertiary/aromatic N) is 1. The van der Waals surface area contributed by atoms with Crippen molar-refractivity contribution in [1.82, 2.24) is 0 Å². The largest absolute Gasteiger partial charge is 0.550 e. The van der Waals surface area contributed by atoms with Gasteiger partial charge in [0.1, 0.15) is 6.54 Å². The van der Waals surface area contributed by atoms with Gasteiger partial charge in [0.15, 0.2) is 6.10 Å². The molecule has 0 saturated heterocycles. The Morgan fingerprint density at radius 1 is 0.893 bits per heavy atom. The molecule has 0 aromatic carbocycles. The van der Waals surface area contributed by atoms with Gasteiger partial charge in [-0.25, -0.2) is 0 Å². The van der Waals surface area contributed by atoms with Crippen molar-refractivity contribution >= 4 is 11.9 Å². The summed E-state index contributed by atoms with van der Waals surface area (Å²) < 4.78 is 5.87. The molecule has 1 atom stereocenters. The number of carbonyl (C=O) groups excluding carboxylic acids is 2. The van der Waals surface area contributed by atoms with Crippen molar-refractivity contribution in [2.45, 2.75) is 70.8 Å². The molecule has 160 valence electrons. The molecule has 0 amide bonds. The van der Waals surface area contributed by atoms with Crippen LogP contribution in [-0.2, 0) is 14.3 Å². The van der Waals surface area contributed by atoms with Crippen LogP contribution in [0.3, 0.4) is 0 Å². The van der Waals surface area contributed by atoms with Gasteiger partial charge in [-0.15, -0.1) is 0 Å². The molecule has 0 radical (unpaired) electrons. The number of carbonyl (C=O) groups is 2. The Morgan fingerprint density at radius 2 is 1.43 bits per heavy atom. The lowest BCUT2D eigenvalue weighted by molar-refractivity contribution is -0.873. The summed E-state index contributed by atoms with van der Waals surface area (Å²) in [4.78, 5) is 22.8. The molecule has 0 rings (SSSR count). The number of ether oxygens (including phenoxy) is 1. The van der Waals surface area contributed by atoms with Crippen LogP contribution in [0.5, 0.6) is 0 Å². The third-order valence-electron chi connectivity index (χ3n) is 4.01. The third kappa shape index (κ3) is 18.9. The van der Waals surface area contributed by atoms with Crippen LogP contribution < -0.4 is 5.11 Å². The molecule has 0 aliphatic carbocycles. The van der Waals surface area contributed by atoms with E-state index in [-0.39, 0.29) is 12.4 Å². The lowest BCUT2D eigenvalue weighted by Gasteiger charge is -2.29. The first kappa shape index (κ1) is 26.1. The van der Waals surface area contributed by atoms with Gasteiger partial charge in [0.05, 0.1) is 21.1 Å². The Bertz CT molecular complexity index is 515. The van der Waals surface area contributed by atoms with Gasteiger partial charge in [-0.2, -0.15) is 0 Å². The summed E-state index contributed by atoms with van der Waals surface area (Å²) >= 11 is 0. The summed E-state index contributed by atoms with van der Waals surface area (Å²) in [6.45, 7) is 2.49. The van der Waals surface area contributed by atoms with Crippen LogP contribution in [0, 0.1) is 0 Å². The molecular formula is C23H39NO4. The highest BCUT2D eigenvalue weighted by molar-refractivity contribution is 5.70. The molecule has 0 bridgehead atoms. The first-order chi connectivity index (χ1) is 13.2. The normalized spacial score (nSPS) is 13.6. The van der Waals surface area contributed by atoms with E-state index in [1.165, 1.54) is 0 Å². The van der Waals surface area contributed by atoms with Crippen LogP contribution in [0.4, 0.5) is 0 Å². The van der Waals surface area contributed by atoms with E-state index in [1.807, 2.05) is 28.1 Å². The molecule has 0 aliphatic rings. The molecule has 5 heteroatoms. The number of quaternary nitrogens is 1. The molecule has 0 spiro atoms. The van der Waals surface area contributed by atoms with Crippen molar-refractivity contribution in [2.24, 2.45) is 0 Å². The molecule has 0 saturated carbocycles. The summed E-state index contributed by atoms with van der Waals surface area (Å²) in [5.74, 6) is -1.52. The average Bonchev–Trinajstić information content (AvgIpc) is 2.56. The Morgan fingerprint density at radius 3 is 1.93 bits per heavy atom. The maximum atomic E-state index is 11.9. The fourth-order valence-corrected chi connectivity index (χ4v) is 2.74. The van der Waals surface area contributed by atoms with Gasteiger partial charge >= 0.3 is 5.97 Å². The molecule has 28 heavy (non-hydrogen) atoms. The quantitative estimate of drug-likeness (QED) is 0.174. The predicted octanol–water partition coefficient (Wildman–Crippen LogP) is 3.55. The molecule has 0 heterocycles. The zero-order chi connectivity index (χ0) is 21.3. The average molecular weight is 394 g/mol. The van der Waals surface area contributed by atoms with Crippen LogP contribution in [0.25, 0.3) is 0 Å². The number of likely N-dealkylation sites (N-methyl/N-ethyl adjacent to an activating group) is 1. The number of carboxylic acid groups (broad SMARTS) is 1. The van der Waals surface area contributed by atoms with E-state index < -0.39 is 12.1 Å². The Balaban J connectivity index is 3.85. The van der Waals surface area contributed by atoms with E-state index >= 15 is 0 Å². The molecule has 0 aromatic rings. The lowest BCUT2D eigenvalue weighted by atomic mass is 10.1. The van der Waals surface area contributed by atoms with Gasteiger partial charge in [-0.1, -0.05) is 36.5 Å². The van der Waals surface area contributed by atoms with E-state index in [4.69, 9.17) is 4.74 Å². The van der Waals surface area contributed by atoms with E-state index in [2.05, 4.69) is 36.5 Å². The minimum absolute atomic E-state index is 0.256. The van der Waals surface area contributed by atoms with Gasteiger partial charge in [0.25, 0.3) is 0 Å². The van der Waals surface area contributed by atoms with E-state index in [0.717, 1.165) is 44.9 Å². The molecular weight excluding hydrogens is 354 g/mol. The second-order valence-corrected chi connectivity index (χ2v) is 8.07. The SMILES string of the molecule is C/C=C/CC/C=C/CC/C=C/CCCCC(=O)OC(CC(=O)[O-])C[N+](C)(C)C. The number of carboxylic acids is 1. The number of hydrogen-bond acceptors (Lipinski definition) is 4. The smallest absolute Gasteiger partial charge is 0.306 e. The molecule has 0 aliphatic heterocycles. The van der Waals surface area contributed by atoms with Crippen LogP contribution in [-0.4, -0.2) is 50.2 Å². The highest BCUT2D eigenvalue weighted by Gasteiger charge is 2.22. The number of unbranched alkanes of at least 4 members (excludes halogenated alkanes) is 4. The van der Waals surface area contributed by atoms with Gasteiger partial charge in [0.2, 0.25) is 0 Å². The number of esters is 1. The van der Waals surface area contributed by atoms with Gasteiger partial charge in [-0.3, -0.25) is 4.79 Å². The number of allylic oxidation sites excluding steroid dienone is 6. The summed E-state index contributed by atoms with van der Waals surface area (Å²) in [7, 11) is 5.80. The van der Waals surface area contributed by atoms with Crippen LogP contribution in [0.2, 0.25) is 0 Å². The van der Waals surface area contributed by atoms with Crippen molar-refractivity contribution in [3.05, 3.63) is 36.5 Å². The lowest BCUT2D eigenvalue weighted by Crippen LogP contribution is -2.45. The molecule has 0 fully saturated rings. The maximum absolute atomic E-state index is 11.9. The number of hydrogen-bond donors (Lipinski definition) is 0. The first-order valence-electron chi connectivity index (χ1n) is 10.4. The van der Waals surface area contributed by atoms with Gasteiger partial charge < -0.3 is 19.1 Å². The Labute approximate surface area is 171 Å². The van der Waals surface area contributed by atoms with Gasteiger partial charge in [0, 0.05) is 18.8 Å². The van der Waals surface area contributed by atoms with Crippen molar-refractivity contribution in [3.63, 3.8) is 0 Å². The second kappa shape index (κ2) is 16.1. The van der Waals surface area contributed by atoms with Crippen LogP contribution in [0.1, 0.15) is 64.7 Å². The standard InChI is InChI=1S/C23H39NO4/c1-5-6-7-8-9-10-11-12-13-14-15-16-17-18-23(27)28-21(19-22(25)26)20-24(2,3)4/h5-6,9-10,13-14,21H,7-8,11-12,15-20H2,1-4H3/b6-5+,10-9+,14-13+. The van der Waals surface area contributed by atoms with Crippen molar-refractivity contribution in [3.8, 4) is 0 Å². The second-order valence-electron chi connectivity index (χ2n) is 8.07. The Kier molecular flexibility index (Phi) is 15.0. The zero-order valence-electron chi connectivity index (χ0n) is 18.2. The van der Waals surface area contributed by atoms with Crippen molar-refractivity contribution in [2.75, 3.05) is 27.7 Å². The molecule has 0 N–H and O–H groups in total. The first-order valence-corrected chi connectivity index (χ1v) is 10.4. The Hall–Kier alpha value is -1.88. The highest BCUT2D eigenvalue weighted by atomic mass is 16.5. The van der Waals surface area contributed by atoms with Crippen molar-refractivity contribution < 1.29 is 23.9 Å². The zero-order valence-corrected chi connectivity index (χ0v) is 18.2. The molecule has 5 nitrogen and oxygen atoms in total. The monoisotopic (exact) mass is 393 g/mol. The van der Waals surface area contributed by atoms with Crippen LogP contribution in [0.15, 0.2) is 36.5 Å². The number of rotatable bonds is 16. The van der Waals surface area contributed by atoms with E-state index in [9.17, 15) is 14.7 Å².